The summed E-state index contributed by atoms with van der Waals surface area (Å²) < 4.78 is 3.58. The topological polar surface area (TPSA) is 49.3 Å². The van der Waals surface area contributed by atoms with Crippen molar-refractivity contribution in [1.82, 2.24) is 3.53 Å². The molecular formula is C8H15I3NO2S-. The third-order valence-electron chi connectivity index (χ3n) is 1.76. The van der Waals surface area contributed by atoms with Crippen LogP contribution in [0.15, 0.2) is 0 Å². The molecule has 0 saturated heterocycles. The molecule has 0 radical (unpaired) electrons. The molecule has 3 unspecified atom stereocenters. The SMILES string of the molecule is CC(I)SC(C(C)C)C(N[I-]I)C(=O)O. The van der Waals surface area contributed by atoms with Crippen LogP contribution >= 0.6 is 53.0 Å². The first kappa shape index (κ1) is 17.0. The molecule has 92 valence electrons. The third kappa shape index (κ3) is 7.09. The van der Waals surface area contributed by atoms with Crippen molar-refractivity contribution in [3.05, 3.63) is 0 Å². The molecule has 3 atom stereocenters. The quantitative estimate of drug-likeness (QED) is 0.256. The van der Waals surface area contributed by atoms with Crippen LogP contribution in [0.5, 0.6) is 0 Å². The molecule has 0 bridgehead atoms. The Morgan fingerprint density at radius 3 is 2.27 bits per heavy atom. The van der Waals surface area contributed by atoms with Gasteiger partial charge in [-0.2, -0.15) is 0 Å². The van der Waals surface area contributed by atoms with E-state index in [0.717, 1.165) is 0 Å². The van der Waals surface area contributed by atoms with Crippen LogP contribution < -0.4 is 21.0 Å². The average Bonchev–Trinajstić information content (AvgIpc) is 2.09. The number of hydrogen-bond acceptors (Lipinski definition) is 3. The number of thioether (sulfide) groups is 1. The predicted octanol–water partition coefficient (Wildman–Crippen LogP) is -0.0780. The molecule has 0 aromatic carbocycles. The zero-order valence-corrected chi connectivity index (χ0v) is 16.0. The van der Waals surface area contributed by atoms with E-state index >= 15 is 0 Å². The molecular weight excluding hydrogens is 555 g/mol. The maximum absolute atomic E-state index is 11.2. The minimum absolute atomic E-state index is 0.142. The van der Waals surface area contributed by atoms with Gasteiger partial charge in [-0.3, -0.25) is 0 Å². The number of halogens is 3. The molecule has 0 aliphatic rings. The molecule has 0 rings (SSSR count). The molecule has 0 aliphatic carbocycles. The fourth-order valence-electron chi connectivity index (χ4n) is 1.13. The molecule has 0 aromatic rings. The summed E-state index contributed by atoms with van der Waals surface area (Å²) in [5.74, 6) is -0.359. The Morgan fingerprint density at radius 2 is 2.00 bits per heavy atom. The second kappa shape index (κ2) is 8.97. The van der Waals surface area contributed by atoms with E-state index in [-0.39, 0.29) is 22.8 Å². The van der Waals surface area contributed by atoms with Gasteiger partial charge >= 0.3 is 131 Å². The predicted molar refractivity (Wildman–Crippen MR) is 78.3 cm³/mol. The van der Waals surface area contributed by atoms with E-state index in [4.69, 9.17) is 0 Å². The van der Waals surface area contributed by atoms with Gasteiger partial charge in [-0.15, -0.1) is 0 Å². The van der Waals surface area contributed by atoms with Crippen LogP contribution in [0.3, 0.4) is 0 Å². The van der Waals surface area contributed by atoms with Gasteiger partial charge in [0.15, 0.2) is 0 Å². The first-order chi connectivity index (χ1) is 6.90. The van der Waals surface area contributed by atoms with E-state index in [1.54, 1.807) is 11.8 Å². The normalized spacial score (nSPS) is 17.7. The van der Waals surface area contributed by atoms with Crippen LogP contribution in [-0.2, 0) is 4.79 Å². The van der Waals surface area contributed by atoms with Gasteiger partial charge in [-0.1, -0.05) is 0 Å². The summed E-state index contributed by atoms with van der Waals surface area (Å²) in [6.07, 6.45) is 0. The molecule has 0 spiro atoms. The maximum atomic E-state index is 11.2. The average molecular weight is 570 g/mol. The fraction of sp³-hybridized carbons (Fsp3) is 0.875. The van der Waals surface area contributed by atoms with E-state index in [1.165, 1.54) is 0 Å². The van der Waals surface area contributed by atoms with Crippen molar-refractivity contribution in [3.63, 3.8) is 0 Å². The van der Waals surface area contributed by atoms with Gasteiger partial charge in [0.1, 0.15) is 0 Å². The molecule has 0 fully saturated rings. The van der Waals surface area contributed by atoms with Crippen LogP contribution in [0.25, 0.3) is 0 Å². The summed E-state index contributed by atoms with van der Waals surface area (Å²) in [4.78, 5) is 11.2. The monoisotopic (exact) mass is 570 g/mol. The van der Waals surface area contributed by atoms with Crippen molar-refractivity contribution in [1.29, 1.82) is 0 Å². The van der Waals surface area contributed by atoms with Crippen LogP contribution in [0, 0.1) is 5.92 Å². The van der Waals surface area contributed by atoms with Gasteiger partial charge in [0.2, 0.25) is 0 Å². The Hall–Kier alpha value is 1.97. The molecule has 0 saturated carbocycles. The molecule has 7 heteroatoms. The molecule has 0 heterocycles. The summed E-state index contributed by atoms with van der Waals surface area (Å²) in [5, 5.41) is 9.32. The van der Waals surface area contributed by atoms with Crippen molar-refractivity contribution < 1.29 is 27.4 Å². The fourth-order valence-corrected chi connectivity index (χ4v) is 6.09. The summed E-state index contributed by atoms with van der Waals surface area (Å²) in [5.41, 5.74) is 0. The first-order valence-corrected chi connectivity index (χ1v) is 14.0. The summed E-state index contributed by atoms with van der Waals surface area (Å²) >= 11 is 6.09. The second-order valence-electron chi connectivity index (χ2n) is 3.38. The van der Waals surface area contributed by atoms with Gasteiger partial charge in [0.05, 0.1) is 0 Å². The van der Waals surface area contributed by atoms with Gasteiger partial charge in [-0.05, 0) is 0 Å². The number of alkyl halides is 1. The zero-order valence-electron chi connectivity index (χ0n) is 8.71. The third-order valence-corrected chi connectivity index (χ3v) is 6.63. The first-order valence-electron chi connectivity index (χ1n) is 4.43. The van der Waals surface area contributed by atoms with E-state index in [2.05, 4.69) is 65.5 Å². The molecule has 0 amide bonds. The van der Waals surface area contributed by atoms with E-state index in [1.807, 2.05) is 0 Å². The van der Waals surface area contributed by atoms with Crippen molar-refractivity contribution >= 4 is 58.9 Å². The van der Waals surface area contributed by atoms with Crippen LogP contribution in [0.2, 0.25) is 0 Å². The number of carboxylic acids is 1. The number of nitrogens with one attached hydrogen (secondary N) is 1. The van der Waals surface area contributed by atoms with E-state index in [9.17, 15) is 9.90 Å². The number of carbonyl (C=O) groups is 1. The Labute approximate surface area is 129 Å². The van der Waals surface area contributed by atoms with Crippen molar-refractivity contribution in [3.8, 4) is 0 Å². The van der Waals surface area contributed by atoms with Crippen molar-refractivity contribution in [2.75, 3.05) is 0 Å². The Balaban J connectivity index is 4.59. The van der Waals surface area contributed by atoms with E-state index < -0.39 is 12.0 Å². The summed E-state index contributed by atoms with van der Waals surface area (Å²) in [6, 6.07) is -0.406. The Bertz CT molecular complexity index is 204. The van der Waals surface area contributed by atoms with Gasteiger partial charge in [0.25, 0.3) is 0 Å². The van der Waals surface area contributed by atoms with Crippen LogP contribution in [0.4, 0.5) is 0 Å². The molecule has 3 nitrogen and oxygen atoms in total. The number of rotatable bonds is 7. The van der Waals surface area contributed by atoms with Gasteiger partial charge < -0.3 is 0 Å². The zero-order chi connectivity index (χ0) is 12.0. The molecule has 0 aliphatic heterocycles. The van der Waals surface area contributed by atoms with Crippen LogP contribution in [-0.4, -0.2) is 25.6 Å². The Morgan fingerprint density at radius 1 is 1.47 bits per heavy atom. The number of hydrogen-bond donors (Lipinski definition) is 2. The number of carboxylic acid groups (broad SMARTS) is 1. The molecule has 0 aromatic heterocycles. The number of aliphatic carboxylic acids is 1. The summed E-state index contributed by atoms with van der Waals surface area (Å²) in [6.45, 7) is 6.26. The second-order valence-corrected chi connectivity index (χ2v) is 11.4. The van der Waals surface area contributed by atoms with Crippen molar-refractivity contribution in [2.24, 2.45) is 5.92 Å². The molecule has 15 heavy (non-hydrogen) atoms. The summed E-state index contributed by atoms with van der Waals surface area (Å²) in [7, 11) is 0. The van der Waals surface area contributed by atoms with Crippen molar-refractivity contribution in [2.45, 2.75) is 35.3 Å². The Kier molecular flexibility index (Phi) is 10.2. The molecule has 2 N–H and O–H groups in total. The van der Waals surface area contributed by atoms with Gasteiger partial charge in [0, 0.05) is 0 Å². The van der Waals surface area contributed by atoms with Crippen LogP contribution in [0.1, 0.15) is 20.8 Å². The minimum atomic E-state index is -0.727. The van der Waals surface area contributed by atoms with Gasteiger partial charge in [-0.25, -0.2) is 0 Å². The van der Waals surface area contributed by atoms with E-state index in [0.29, 0.717) is 9.17 Å². The standard InChI is InChI=1S/C8H15I3NO2S/c1-4(2)7(15-5(3)9)6(8(13)14)12-11-10/h4-7,12H,1-3H3,(H,13,14)/q-1.